The van der Waals surface area contributed by atoms with Crippen molar-refractivity contribution in [3.05, 3.63) is 34.9 Å². The first-order valence-electron chi connectivity index (χ1n) is 6.73. The summed E-state index contributed by atoms with van der Waals surface area (Å²) in [6.07, 6.45) is 5.45. The van der Waals surface area contributed by atoms with Crippen molar-refractivity contribution in [2.45, 2.75) is 25.0 Å². The number of ether oxygens (including phenoxy) is 1. The average Bonchev–Trinajstić information content (AvgIpc) is 2.75. The molecule has 0 aromatic heterocycles. The fourth-order valence-electron chi connectivity index (χ4n) is 2.93. The quantitative estimate of drug-likeness (QED) is 0.871. The van der Waals surface area contributed by atoms with Crippen LogP contribution in [0.15, 0.2) is 24.3 Å². The Morgan fingerprint density at radius 3 is 2.70 bits per heavy atom. The van der Waals surface area contributed by atoms with Crippen LogP contribution in [0.2, 0.25) is 5.02 Å². The number of fused-ring (bicyclic) bond motifs is 2. The number of carboxylic acid groups (broad SMARTS) is 1. The largest absolute Gasteiger partial charge is 0.478 e. The molecule has 20 heavy (non-hydrogen) atoms. The molecule has 4 nitrogen and oxygen atoms in total. The molecule has 5 heteroatoms. The SMILES string of the molecule is O=C(O)C=Cc1c(Cl)cccc1N1CC2CCC(C1)O2. The van der Waals surface area contributed by atoms with Gasteiger partial charge in [0.25, 0.3) is 0 Å². The first kappa shape index (κ1) is 13.5. The Morgan fingerprint density at radius 2 is 2.05 bits per heavy atom. The van der Waals surface area contributed by atoms with Crippen molar-refractivity contribution in [3.63, 3.8) is 0 Å². The average molecular weight is 294 g/mol. The van der Waals surface area contributed by atoms with E-state index in [-0.39, 0.29) is 12.2 Å². The normalized spacial score (nSPS) is 25.4. The zero-order valence-electron chi connectivity index (χ0n) is 11.0. The van der Waals surface area contributed by atoms with Crippen LogP contribution < -0.4 is 4.90 Å². The highest BCUT2D eigenvalue weighted by Crippen LogP contribution is 2.34. The molecule has 2 atom stereocenters. The molecule has 2 aliphatic heterocycles. The molecule has 0 saturated carbocycles. The van der Waals surface area contributed by atoms with Crippen LogP contribution in [-0.4, -0.2) is 36.4 Å². The van der Waals surface area contributed by atoms with Crippen LogP contribution in [0.3, 0.4) is 0 Å². The highest BCUT2D eigenvalue weighted by Gasteiger charge is 2.34. The lowest BCUT2D eigenvalue weighted by atomic mass is 10.1. The predicted molar refractivity (Wildman–Crippen MR) is 78.2 cm³/mol. The molecule has 2 heterocycles. The number of anilines is 1. The van der Waals surface area contributed by atoms with Crippen LogP contribution in [0.5, 0.6) is 0 Å². The molecule has 1 aromatic rings. The van der Waals surface area contributed by atoms with Crippen LogP contribution in [-0.2, 0) is 9.53 Å². The van der Waals surface area contributed by atoms with Gasteiger partial charge in [0.15, 0.2) is 0 Å². The number of nitrogens with zero attached hydrogens (tertiary/aromatic N) is 1. The molecule has 2 bridgehead atoms. The fourth-order valence-corrected chi connectivity index (χ4v) is 3.17. The van der Waals surface area contributed by atoms with Crippen molar-refractivity contribution >= 4 is 29.3 Å². The molecule has 3 rings (SSSR count). The van der Waals surface area contributed by atoms with Crippen molar-refractivity contribution < 1.29 is 14.6 Å². The number of hydrogen-bond donors (Lipinski definition) is 1. The van der Waals surface area contributed by atoms with E-state index in [1.54, 1.807) is 12.1 Å². The summed E-state index contributed by atoms with van der Waals surface area (Å²) in [4.78, 5) is 13.0. The maximum absolute atomic E-state index is 10.7. The summed E-state index contributed by atoms with van der Waals surface area (Å²) in [6.45, 7) is 1.68. The molecule has 0 spiro atoms. The zero-order valence-corrected chi connectivity index (χ0v) is 11.7. The Bertz CT molecular complexity index is 546. The molecule has 2 aliphatic rings. The molecule has 0 amide bonds. The minimum absolute atomic E-state index is 0.282. The first-order chi connectivity index (χ1) is 9.63. The van der Waals surface area contributed by atoms with Crippen molar-refractivity contribution in [1.29, 1.82) is 0 Å². The molecule has 0 aliphatic carbocycles. The van der Waals surface area contributed by atoms with Crippen molar-refractivity contribution in [1.82, 2.24) is 0 Å². The molecule has 1 N–H and O–H groups in total. The fraction of sp³-hybridized carbons (Fsp3) is 0.400. The molecule has 0 radical (unpaired) electrons. The number of aliphatic carboxylic acids is 1. The van der Waals surface area contributed by atoms with E-state index < -0.39 is 5.97 Å². The molecule has 106 valence electrons. The number of carboxylic acids is 1. The summed E-state index contributed by atoms with van der Waals surface area (Å²) >= 11 is 6.22. The number of benzene rings is 1. The van der Waals surface area contributed by atoms with Gasteiger partial charge in [0, 0.05) is 35.4 Å². The standard InChI is InChI=1S/C15H16ClNO3/c16-13-2-1-3-14(12(13)6-7-15(18)19)17-8-10-4-5-11(9-17)20-10/h1-3,6-7,10-11H,4-5,8-9H2,(H,18,19). The van der Waals surface area contributed by atoms with Gasteiger partial charge in [-0.2, -0.15) is 0 Å². The summed E-state index contributed by atoms with van der Waals surface area (Å²) in [7, 11) is 0. The third-order valence-electron chi connectivity index (χ3n) is 3.81. The van der Waals surface area contributed by atoms with Crippen LogP contribution in [0.4, 0.5) is 5.69 Å². The first-order valence-corrected chi connectivity index (χ1v) is 7.11. The minimum atomic E-state index is -0.974. The molecular formula is C15H16ClNO3. The molecular weight excluding hydrogens is 278 g/mol. The second kappa shape index (κ2) is 5.46. The van der Waals surface area contributed by atoms with Crippen molar-refractivity contribution in [2.24, 2.45) is 0 Å². The minimum Gasteiger partial charge on any atom is -0.478 e. The van der Waals surface area contributed by atoms with Crippen LogP contribution in [0, 0.1) is 0 Å². The van der Waals surface area contributed by atoms with E-state index in [0.717, 1.165) is 43.3 Å². The summed E-state index contributed by atoms with van der Waals surface area (Å²) in [5.41, 5.74) is 1.74. The molecule has 2 fully saturated rings. The number of rotatable bonds is 3. The van der Waals surface area contributed by atoms with Gasteiger partial charge in [0.2, 0.25) is 0 Å². The number of halogens is 1. The highest BCUT2D eigenvalue weighted by atomic mass is 35.5. The number of morpholine rings is 1. The van der Waals surface area contributed by atoms with E-state index in [2.05, 4.69) is 4.90 Å². The third-order valence-corrected chi connectivity index (χ3v) is 4.14. The van der Waals surface area contributed by atoms with E-state index >= 15 is 0 Å². The van der Waals surface area contributed by atoms with E-state index in [9.17, 15) is 4.79 Å². The maximum Gasteiger partial charge on any atom is 0.328 e. The Balaban J connectivity index is 1.92. The van der Waals surface area contributed by atoms with Crippen molar-refractivity contribution in [3.8, 4) is 0 Å². The second-order valence-electron chi connectivity index (χ2n) is 5.21. The van der Waals surface area contributed by atoms with Gasteiger partial charge in [-0.05, 0) is 31.1 Å². The van der Waals surface area contributed by atoms with Gasteiger partial charge in [0.05, 0.1) is 12.2 Å². The van der Waals surface area contributed by atoms with E-state index in [1.165, 1.54) is 0 Å². The molecule has 1 aromatic carbocycles. The third kappa shape index (κ3) is 2.67. The summed E-state index contributed by atoms with van der Waals surface area (Å²) in [5.74, 6) is -0.974. The van der Waals surface area contributed by atoms with Gasteiger partial charge in [-0.15, -0.1) is 0 Å². The summed E-state index contributed by atoms with van der Waals surface area (Å²) in [5, 5.41) is 9.37. The van der Waals surface area contributed by atoms with E-state index in [0.29, 0.717) is 5.02 Å². The smallest absolute Gasteiger partial charge is 0.328 e. The van der Waals surface area contributed by atoms with Gasteiger partial charge in [-0.25, -0.2) is 4.79 Å². The van der Waals surface area contributed by atoms with Gasteiger partial charge >= 0.3 is 5.97 Å². The monoisotopic (exact) mass is 293 g/mol. The summed E-state index contributed by atoms with van der Waals surface area (Å²) in [6, 6.07) is 5.66. The van der Waals surface area contributed by atoms with Crippen LogP contribution in [0.1, 0.15) is 18.4 Å². The van der Waals surface area contributed by atoms with E-state index in [4.69, 9.17) is 21.4 Å². The molecule has 2 saturated heterocycles. The maximum atomic E-state index is 10.7. The number of hydrogen-bond acceptors (Lipinski definition) is 3. The topological polar surface area (TPSA) is 49.8 Å². The molecule has 2 unspecified atom stereocenters. The van der Waals surface area contributed by atoms with Gasteiger partial charge in [-0.3, -0.25) is 0 Å². The van der Waals surface area contributed by atoms with Gasteiger partial charge in [0.1, 0.15) is 0 Å². The van der Waals surface area contributed by atoms with Gasteiger partial charge < -0.3 is 14.7 Å². The van der Waals surface area contributed by atoms with Crippen LogP contribution >= 0.6 is 11.6 Å². The van der Waals surface area contributed by atoms with Crippen molar-refractivity contribution in [2.75, 3.05) is 18.0 Å². The Kier molecular flexibility index (Phi) is 3.68. The lowest BCUT2D eigenvalue weighted by molar-refractivity contribution is -0.131. The summed E-state index contributed by atoms with van der Waals surface area (Å²) < 4.78 is 5.83. The Hall–Kier alpha value is -1.52. The predicted octanol–water partition coefficient (Wildman–Crippen LogP) is 2.81. The Morgan fingerprint density at radius 1 is 1.35 bits per heavy atom. The lowest BCUT2D eigenvalue weighted by Crippen LogP contribution is -2.42. The van der Waals surface area contributed by atoms with Crippen LogP contribution in [0.25, 0.3) is 6.08 Å². The van der Waals surface area contributed by atoms with Gasteiger partial charge in [-0.1, -0.05) is 17.7 Å². The highest BCUT2D eigenvalue weighted by molar-refractivity contribution is 6.32. The lowest BCUT2D eigenvalue weighted by Gasteiger charge is -2.35. The Labute approximate surface area is 122 Å². The second-order valence-corrected chi connectivity index (χ2v) is 5.61. The van der Waals surface area contributed by atoms with E-state index in [1.807, 2.05) is 12.1 Å². The zero-order chi connectivity index (χ0) is 14.1. The number of carbonyl (C=O) groups is 1.